The molecule has 3 N–H and O–H groups in total. The van der Waals surface area contributed by atoms with Crippen LogP contribution in [0.2, 0.25) is 0 Å². The lowest BCUT2D eigenvalue weighted by Gasteiger charge is -2.19. The molecule has 0 bridgehead atoms. The molecular weight excluding hydrogens is 482 g/mol. The maximum Gasteiger partial charge on any atom is 0.407 e. The van der Waals surface area contributed by atoms with Crippen molar-refractivity contribution in [1.82, 2.24) is 30.3 Å². The van der Waals surface area contributed by atoms with Crippen molar-refractivity contribution in [2.75, 3.05) is 24.2 Å². The van der Waals surface area contributed by atoms with Crippen LogP contribution in [0.1, 0.15) is 45.2 Å². The minimum absolute atomic E-state index is 0.336. The zero-order chi connectivity index (χ0) is 26.1. The van der Waals surface area contributed by atoms with Gasteiger partial charge in [0.1, 0.15) is 5.60 Å². The smallest absolute Gasteiger partial charge is 0.407 e. The van der Waals surface area contributed by atoms with E-state index in [1.807, 2.05) is 32.9 Å². The second-order valence-electron chi connectivity index (χ2n) is 8.73. The summed E-state index contributed by atoms with van der Waals surface area (Å²) in [7, 11) is 0. The molecule has 0 fully saturated rings. The van der Waals surface area contributed by atoms with Crippen molar-refractivity contribution in [1.29, 1.82) is 0 Å². The summed E-state index contributed by atoms with van der Waals surface area (Å²) in [6.45, 7) is 8.68. The molecule has 0 aliphatic carbocycles. The molecule has 2 aromatic heterocycles. The number of benzene rings is 1. The zero-order valence-corrected chi connectivity index (χ0v) is 21.5. The Labute approximate surface area is 213 Å². The Kier molecular flexibility index (Phi) is 9.08. The molecule has 0 unspecified atom stereocenters. The fourth-order valence-corrected chi connectivity index (χ4v) is 3.67. The highest BCUT2D eigenvalue weighted by molar-refractivity contribution is 7.99. The van der Waals surface area contributed by atoms with Gasteiger partial charge in [-0.05, 0) is 44.9 Å². The van der Waals surface area contributed by atoms with Crippen LogP contribution in [0.15, 0.2) is 29.4 Å². The molecule has 0 spiro atoms. The lowest BCUT2D eigenvalue weighted by molar-refractivity contribution is -0.130. The molecule has 36 heavy (non-hydrogen) atoms. The van der Waals surface area contributed by atoms with Crippen molar-refractivity contribution in [3.63, 3.8) is 0 Å². The first-order valence-corrected chi connectivity index (χ1v) is 12.4. The molecule has 12 heteroatoms. The predicted molar refractivity (Wildman–Crippen MR) is 137 cm³/mol. The van der Waals surface area contributed by atoms with E-state index < -0.39 is 17.7 Å². The Bertz CT molecular complexity index is 1270. The van der Waals surface area contributed by atoms with Crippen LogP contribution in [0.4, 0.5) is 10.6 Å². The van der Waals surface area contributed by atoms with E-state index in [-0.39, 0.29) is 0 Å². The Hall–Kier alpha value is -3.85. The van der Waals surface area contributed by atoms with E-state index in [2.05, 4.69) is 49.7 Å². The summed E-state index contributed by atoms with van der Waals surface area (Å²) in [6.07, 6.45) is 0.491. The van der Waals surface area contributed by atoms with Gasteiger partial charge in [-0.3, -0.25) is 0 Å². The van der Waals surface area contributed by atoms with Gasteiger partial charge in [0.2, 0.25) is 0 Å². The van der Waals surface area contributed by atoms with E-state index >= 15 is 0 Å². The number of carbonyl (C=O) groups is 2. The third kappa shape index (κ3) is 8.13. The number of carbonyl (C=O) groups excluding carboxylic acids is 1. The number of alkyl carbamates (subject to hydrolysis) is 1. The molecule has 0 saturated carbocycles. The first kappa shape index (κ1) is 26.7. The topological polar surface area (TPSA) is 144 Å². The molecule has 11 nitrogen and oxygen atoms in total. The van der Waals surface area contributed by atoms with E-state index in [4.69, 9.17) is 9.84 Å². The fourth-order valence-electron chi connectivity index (χ4n) is 2.98. The number of hydrogen-bond donors (Lipinski definition) is 3. The van der Waals surface area contributed by atoms with Gasteiger partial charge in [0, 0.05) is 30.3 Å². The number of fused-ring (bicyclic) bond motifs is 1. The molecule has 0 radical (unpaired) electrons. The summed E-state index contributed by atoms with van der Waals surface area (Å²) in [4.78, 5) is 31.8. The van der Waals surface area contributed by atoms with Gasteiger partial charge in [-0.2, -0.15) is 0 Å². The summed E-state index contributed by atoms with van der Waals surface area (Å²) in [5.74, 6) is 4.92. The second kappa shape index (κ2) is 12.2. The van der Waals surface area contributed by atoms with Gasteiger partial charge in [-0.25, -0.2) is 24.2 Å². The van der Waals surface area contributed by atoms with Crippen LogP contribution in [0.5, 0.6) is 0 Å². The molecule has 190 valence electrons. The molecule has 0 saturated heterocycles. The molecule has 0 aliphatic rings. The average Bonchev–Trinajstić information content (AvgIpc) is 3.21. The van der Waals surface area contributed by atoms with Crippen LogP contribution in [0.3, 0.4) is 0 Å². The normalized spacial score (nSPS) is 11.0. The summed E-state index contributed by atoms with van der Waals surface area (Å²) >= 11 is 1.54. The van der Waals surface area contributed by atoms with Crippen LogP contribution in [0.25, 0.3) is 11.2 Å². The highest BCUT2D eigenvalue weighted by atomic mass is 32.2. The number of anilines is 1. The number of nitrogens with zero attached hydrogens (tertiary/aromatic N) is 5. The number of amides is 1. The molecule has 1 amide bonds. The number of rotatable bonds is 9. The Morgan fingerprint density at radius 2 is 1.92 bits per heavy atom. The molecular formula is C24H29N7O4S. The van der Waals surface area contributed by atoms with E-state index in [0.29, 0.717) is 47.3 Å². The van der Waals surface area contributed by atoms with Gasteiger partial charge in [0.05, 0.1) is 6.54 Å². The lowest BCUT2D eigenvalue weighted by atomic mass is 10.1. The number of hydrogen-bond acceptors (Lipinski definition) is 9. The van der Waals surface area contributed by atoms with E-state index in [1.165, 1.54) is 0 Å². The third-order valence-corrected chi connectivity index (χ3v) is 5.52. The fraction of sp³-hybridized carbons (Fsp3) is 0.417. The summed E-state index contributed by atoms with van der Waals surface area (Å²) in [5, 5.41) is 23.8. The van der Waals surface area contributed by atoms with Gasteiger partial charge in [0.25, 0.3) is 0 Å². The van der Waals surface area contributed by atoms with E-state index in [9.17, 15) is 9.59 Å². The van der Waals surface area contributed by atoms with Crippen molar-refractivity contribution < 1.29 is 19.4 Å². The lowest BCUT2D eigenvalue weighted by Crippen LogP contribution is -2.35. The molecule has 1 aromatic carbocycles. The second-order valence-corrected chi connectivity index (χ2v) is 9.79. The van der Waals surface area contributed by atoms with E-state index in [0.717, 1.165) is 17.7 Å². The Balaban J connectivity index is 1.75. The number of carboxylic acid groups (broad SMARTS) is 1. The number of aliphatic carboxylic acids is 1. The monoisotopic (exact) mass is 511 g/mol. The van der Waals surface area contributed by atoms with Crippen molar-refractivity contribution in [2.45, 2.75) is 51.4 Å². The first-order valence-electron chi connectivity index (χ1n) is 11.4. The molecule has 3 rings (SSSR count). The van der Waals surface area contributed by atoms with Crippen LogP contribution < -0.4 is 10.6 Å². The minimum atomic E-state index is -1.17. The van der Waals surface area contributed by atoms with Crippen molar-refractivity contribution in [2.24, 2.45) is 0 Å². The van der Waals surface area contributed by atoms with Gasteiger partial charge in [0.15, 0.2) is 22.1 Å². The van der Waals surface area contributed by atoms with Crippen molar-refractivity contribution >= 4 is 40.8 Å². The number of nitrogens with one attached hydrogen (secondary N) is 2. The van der Waals surface area contributed by atoms with Crippen LogP contribution >= 0.6 is 11.8 Å². The third-order valence-electron chi connectivity index (χ3n) is 4.46. The SMILES string of the molecule is CCCSc1nc(NCCNC(=O)OC(C)(C)C)c2nnn(Cc3ccc(C#CC(=O)O)cc3)c2n1. The quantitative estimate of drug-likeness (QED) is 0.170. The van der Waals surface area contributed by atoms with Crippen molar-refractivity contribution in [3.8, 4) is 11.8 Å². The number of thioether (sulfide) groups is 1. The Morgan fingerprint density at radius 3 is 2.58 bits per heavy atom. The summed E-state index contributed by atoms with van der Waals surface area (Å²) in [5.41, 5.74) is 2.08. The maximum absolute atomic E-state index is 11.9. The zero-order valence-electron chi connectivity index (χ0n) is 20.7. The van der Waals surface area contributed by atoms with Gasteiger partial charge in [-0.1, -0.05) is 42.0 Å². The Morgan fingerprint density at radius 1 is 1.17 bits per heavy atom. The van der Waals surface area contributed by atoms with E-state index in [1.54, 1.807) is 28.6 Å². The summed E-state index contributed by atoms with van der Waals surface area (Å²) in [6, 6.07) is 7.22. The number of ether oxygens (including phenoxy) is 1. The summed E-state index contributed by atoms with van der Waals surface area (Å²) < 4.78 is 6.94. The molecule has 0 atom stereocenters. The number of carboxylic acids is 1. The van der Waals surface area contributed by atoms with Crippen molar-refractivity contribution in [3.05, 3.63) is 35.4 Å². The van der Waals surface area contributed by atoms with Crippen LogP contribution in [0, 0.1) is 11.8 Å². The number of aromatic nitrogens is 5. The minimum Gasteiger partial charge on any atom is -0.472 e. The van der Waals surface area contributed by atoms with Crippen LogP contribution in [-0.4, -0.2) is 66.6 Å². The predicted octanol–water partition coefficient (Wildman–Crippen LogP) is 3.14. The van der Waals surface area contributed by atoms with Gasteiger partial charge >= 0.3 is 12.1 Å². The molecule has 0 aliphatic heterocycles. The highest BCUT2D eigenvalue weighted by Crippen LogP contribution is 2.23. The highest BCUT2D eigenvalue weighted by Gasteiger charge is 2.17. The first-order chi connectivity index (χ1) is 17.1. The largest absolute Gasteiger partial charge is 0.472 e. The average molecular weight is 512 g/mol. The van der Waals surface area contributed by atoms with Gasteiger partial charge < -0.3 is 20.5 Å². The molecule has 3 aromatic rings. The van der Waals surface area contributed by atoms with Gasteiger partial charge in [-0.15, -0.1) is 5.10 Å². The maximum atomic E-state index is 11.9. The standard InChI is InChI=1S/C24H29N7O4S/c1-5-14-36-22-27-20(25-12-13-26-23(34)35-24(2,3)4)19-21(28-22)31(30-29-19)15-17-8-6-16(7-9-17)10-11-18(32)33/h6-9H,5,12-15H2,1-4H3,(H,26,34)(H,32,33)(H,25,27,28). The van der Waals surface area contributed by atoms with Crippen LogP contribution in [-0.2, 0) is 16.1 Å². The molecule has 2 heterocycles.